The first-order valence-corrected chi connectivity index (χ1v) is 9.06. The predicted molar refractivity (Wildman–Crippen MR) is 111 cm³/mol. The van der Waals surface area contributed by atoms with Crippen molar-refractivity contribution in [2.45, 2.75) is 6.92 Å². The molecule has 0 aliphatic heterocycles. The Morgan fingerprint density at radius 3 is 2.00 bits per heavy atom. The Labute approximate surface area is 170 Å². The molecule has 150 valence electrons. The van der Waals surface area contributed by atoms with Gasteiger partial charge in [0.1, 0.15) is 28.7 Å². The molecule has 0 fully saturated rings. The monoisotopic (exact) mass is 393 g/mol. The third-order valence-corrected chi connectivity index (χ3v) is 4.13. The molecule has 0 aliphatic carbocycles. The lowest BCUT2D eigenvalue weighted by molar-refractivity contribution is -0.118. The lowest BCUT2D eigenvalue weighted by Crippen LogP contribution is -2.20. The molecule has 0 radical (unpaired) electrons. The van der Waals surface area contributed by atoms with Crippen LogP contribution in [0.25, 0.3) is 0 Å². The number of carbonyl (C=O) groups excluding carboxylic acids is 1. The zero-order valence-corrected chi connectivity index (χ0v) is 16.6. The maximum Gasteiger partial charge on any atom is 0.262 e. The summed E-state index contributed by atoms with van der Waals surface area (Å²) >= 11 is 0. The van der Waals surface area contributed by atoms with Crippen LogP contribution in [0.4, 0.5) is 5.69 Å². The summed E-state index contributed by atoms with van der Waals surface area (Å²) in [5, 5.41) is 2.76. The van der Waals surface area contributed by atoms with Crippen LogP contribution in [0.3, 0.4) is 0 Å². The molecule has 1 amide bonds. The fraction of sp³-hybridized carbons (Fsp3) is 0.174. The maximum absolute atomic E-state index is 12.2. The smallest absolute Gasteiger partial charge is 0.262 e. The molecule has 3 rings (SSSR count). The molecular formula is C23H23NO5. The fourth-order valence-corrected chi connectivity index (χ4v) is 2.58. The molecular weight excluding hydrogens is 370 g/mol. The van der Waals surface area contributed by atoms with Crippen molar-refractivity contribution in [3.05, 3.63) is 72.3 Å². The minimum Gasteiger partial charge on any atom is -0.497 e. The number of amides is 1. The molecule has 0 aromatic heterocycles. The largest absolute Gasteiger partial charge is 0.497 e. The molecule has 3 aromatic carbocycles. The van der Waals surface area contributed by atoms with Crippen molar-refractivity contribution in [2.75, 3.05) is 26.1 Å². The second kappa shape index (κ2) is 9.50. The molecule has 0 saturated heterocycles. The standard InChI is InChI=1S/C23H23NO5/c1-16-4-6-18(7-5-16)29-19-10-8-17(9-11-19)28-15-23(25)24-21-13-12-20(26-2)14-22(21)27-3/h4-14H,15H2,1-3H3,(H,24,25). The van der Waals surface area contributed by atoms with E-state index < -0.39 is 0 Å². The van der Waals surface area contributed by atoms with Gasteiger partial charge in [-0.2, -0.15) is 0 Å². The highest BCUT2D eigenvalue weighted by atomic mass is 16.5. The van der Waals surface area contributed by atoms with Gasteiger partial charge in [0.05, 0.1) is 19.9 Å². The van der Waals surface area contributed by atoms with Crippen LogP contribution in [-0.2, 0) is 4.79 Å². The molecule has 0 unspecified atom stereocenters. The Morgan fingerprint density at radius 2 is 1.38 bits per heavy atom. The number of methoxy groups -OCH3 is 2. The van der Waals surface area contributed by atoms with Crippen molar-refractivity contribution in [3.8, 4) is 28.7 Å². The van der Waals surface area contributed by atoms with E-state index >= 15 is 0 Å². The van der Waals surface area contributed by atoms with E-state index in [4.69, 9.17) is 18.9 Å². The first-order chi connectivity index (χ1) is 14.1. The van der Waals surface area contributed by atoms with Gasteiger partial charge < -0.3 is 24.3 Å². The van der Waals surface area contributed by atoms with Gasteiger partial charge in [0, 0.05) is 6.07 Å². The Hall–Kier alpha value is -3.67. The lowest BCUT2D eigenvalue weighted by atomic mass is 10.2. The summed E-state index contributed by atoms with van der Waals surface area (Å²) in [6, 6.07) is 20.1. The van der Waals surface area contributed by atoms with Crippen molar-refractivity contribution < 1.29 is 23.7 Å². The summed E-state index contributed by atoms with van der Waals surface area (Å²) in [6.45, 7) is 1.89. The number of carbonyl (C=O) groups is 1. The Morgan fingerprint density at radius 1 is 0.793 bits per heavy atom. The SMILES string of the molecule is COc1ccc(NC(=O)COc2ccc(Oc3ccc(C)cc3)cc2)c(OC)c1. The van der Waals surface area contributed by atoms with Gasteiger partial charge >= 0.3 is 0 Å². The summed E-state index contributed by atoms with van der Waals surface area (Å²) < 4.78 is 21.7. The molecule has 0 atom stereocenters. The second-order valence-electron chi connectivity index (χ2n) is 6.29. The number of hydrogen-bond acceptors (Lipinski definition) is 5. The number of nitrogens with one attached hydrogen (secondary N) is 1. The zero-order valence-electron chi connectivity index (χ0n) is 16.6. The molecule has 0 heterocycles. The van der Waals surface area contributed by atoms with Crippen LogP contribution < -0.4 is 24.3 Å². The molecule has 0 spiro atoms. The highest BCUT2D eigenvalue weighted by Crippen LogP contribution is 2.29. The van der Waals surface area contributed by atoms with Crippen LogP contribution in [0.1, 0.15) is 5.56 Å². The molecule has 6 nitrogen and oxygen atoms in total. The molecule has 6 heteroatoms. The summed E-state index contributed by atoms with van der Waals surface area (Å²) in [6.07, 6.45) is 0. The highest BCUT2D eigenvalue weighted by molar-refractivity contribution is 5.93. The van der Waals surface area contributed by atoms with Crippen molar-refractivity contribution in [2.24, 2.45) is 0 Å². The average molecular weight is 393 g/mol. The highest BCUT2D eigenvalue weighted by Gasteiger charge is 2.10. The molecule has 3 aromatic rings. The van der Waals surface area contributed by atoms with Gasteiger partial charge in [0.15, 0.2) is 6.61 Å². The van der Waals surface area contributed by atoms with Gasteiger partial charge in [-0.3, -0.25) is 4.79 Å². The van der Waals surface area contributed by atoms with Crippen LogP contribution in [0.2, 0.25) is 0 Å². The molecule has 29 heavy (non-hydrogen) atoms. The number of anilines is 1. The van der Waals surface area contributed by atoms with E-state index in [0.29, 0.717) is 28.7 Å². The second-order valence-corrected chi connectivity index (χ2v) is 6.29. The summed E-state index contributed by atoms with van der Waals surface area (Å²) in [7, 11) is 3.10. The maximum atomic E-state index is 12.2. The van der Waals surface area contributed by atoms with Crippen molar-refractivity contribution in [1.82, 2.24) is 0 Å². The predicted octanol–water partition coefficient (Wildman–Crippen LogP) is 4.82. The van der Waals surface area contributed by atoms with Crippen LogP contribution in [0.5, 0.6) is 28.7 Å². The Bertz CT molecular complexity index is 952. The third-order valence-electron chi connectivity index (χ3n) is 4.13. The van der Waals surface area contributed by atoms with Gasteiger partial charge in [-0.15, -0.1) is 0 Å². The van der Waals surface area contributed by atoms with E-state index in [1.165, 1.54) is 12.7 Å². The average Bonchev–Trinajstić information content (AvgIpc) is 2.75. The number of rotatable bonds is 8. The van der Waals surface area contributed by atoms with E-state index in [2.05, 4.69) is 5.32 Å². The first-order valence-electron chi connectivity index (χ1n) is 9.06. The normalized spacial score (nSPS) is 10.2. The number of ether oxygens (including phenoxy) is 4. The minimum atomic E-state index is -0.298. The van der Waals surface area contributed by atoms with E-state index in [-0.39, 0.29) is 12.5 Å². The van der Waals surface area contributed by atoms with Gasteiger partial charge in [0.2, 0.25) is 0 Å². The van der Waals surface area contributed by atoms with Crippen molar-refractivity contribution in [1.29, 1.82) is 0 Å². The molecule has 0 saturated carbocycles. The van der Waals surface area contributed by atoms with Crippen LogP contribution in [0.15, 0.2) is 66.7 Å². The lowest BCUT2D eigenvalue weighted by Gasteiger charge is -2.12. The van der Waals surface area contributed by atoms with Gasteiger partial charge in [-0.05, 0) is 55.5 Å². The molecule has 0 bridgehead atoms. The number of aryl methyl sites for hydroxylation is 1. The van der Waals surface area contributed by atoms with E-state index in [1.807, 2.05) is 31.2 Å². The van der Waals surface area contributed by atoms with Crippen LogP contribution >= 0.6 is 0 Å². The Kier molecular flexibility index (Phi) is 6.58. The van der Waals surface area contributed by atoms with E-state index in [0.717, 1.165) is 5.75 Å². The van der Waals surface area contributed by atoms with E-state index in [9.17, 15) is 4.79 Å². The molecule has 1 N–H and O–H groups in total. The van der Waals surface area contributed by atoms with Crippen molar-refractivity contribution in [3.63, 3.8) is 0 Å². The van der Waals surface area contributed by atoms with E-state index in [1.54, 1.807) is 49.6 Å². The molecule has 0 aliphatic rings. The number of benzene rings is 3. The Balaban J connectivity index is 1.53. The quantitative estimate of drug-likeness (QED) is 0.594. The van der Waals surface area contributed by atoms with Crippen LogP contribution in [-0.4, -0.2) is 26.7 Å². The summed E-state index contributed by atoms with van der Waals surface area (Å²) in [5.74, 6) is 2.87. The topological polar surface area (TPSA) is 66.0 Å². The van der Waals surface area contributed by atoms with Crippen molar-refractivity contribution >= 4 is 11.6 Å². The summed E-state index contributed by atoms with van der Waals surface area (Å²) in [4.78, 5) is 12.2. The van der Waals surface area contributed by atoms with Crippen LogP contribution in [0, 0.1) is 6.92 Å². The van der Waals surface area contributed by atoms with Gasteiger partial charge in [-0.1, -0.05) is 17.7 Å². The zero-order chi connectivity index (χ0) is 20.6. The minimum absolute atomic E-state index is 0.132. The first kappa shape index (κ1) is 20.1. The van der Waals surface area contributed by atoms with Gasteiger partial charge in [-0.25, -0.2) is 0 Å². The third kappa shape index (κ3) is 5.65. The summed E-state index contributed by atoms with van der Waals surface area (Å²) in [5.41, 5.74) is 1.72. The van der Waals surface area contributed by atoms with Gasteiger partial charge in [0.25, 0.3) is 5.91 Å². The fourth-order valence-electron chi connectivity index (χ4n) is 2.58. The number of hydrogen-bond donors (Lipinski definition) is 1.